The molecule has 0 spiro atoms. The molecule has 3 aromatic rings. The van der Waals surface area contributed by atoms with Crippen molar-refractivity contribution in [2.45, 2.75) is 25.8 Å². The molecule has 2 aromatic heterocycles. The second-order valence-corrected chi connectivity index (χ2v) is 8.07. The number of primary amides is 1. The van der Waals surface area contributed by atoms with Gasteiger partial charge in [-0.05, 0) is 56.3 Å². The molecule has 166 valence electrons. The van der Waals surface area contributed by atoms with Crippen LogP contribution < -0.4 is 16.2 Å². The quantitative estimate of drug-likeness (QED) is 0.578. The third-order valence-electron chi connectivity index (χ3n) is 5.38. The maximum absolute atomic E-state index is 12.2. The molecule has 3 heterocycles. The molecule has 4 rings (SSSR count). The highest BCUT2D eigenvalue weighted by atomic mass is 35.5. The van der Waals surface area contributed by atoms with Crippen LogP contribution in [0.2, 0.25) is 5.02 Å². The van der Waals surface area contributed by atoms with Crippen molar-refractivity contribution in [1.29, 1.82) is 0 Å². The number of ether oxygens (including phenoxy) is 1. The Morgan fingerprint density at radius 3 is 2.69 bits per heavy atom. The molecule has 0 aliphatic carbocycles. The number of carbonyl (C=O) groups excluding carboxylic acids is 1. The van der Waals surface area contributed by atoms with Gasteiger partial charge in [-0.3, -0.25) is 4.79 Å². The Morgan fingerprint density at radius 1 is 1.25 bits per heavy atom. The molecule has 1 fully saturated rings. The fourth-order valence-electron chi connectivity index (χ4n) is 3.92. The molecule has 9 heteroatoms. The molecular weight excluding hydrogens is 428 g/mol. The fourth-order valence-corrected chi connectivity index (χ4v) is 4.04. The number of aromatic nitrogens is 3. The van der Waals surface area contributed by atoms with Crippen molar-refractivity contribution in [2.24, 2.45) is 5.73 Å². The number of hydrogen-bond acceptors (Lipinski definition) is 6. The van der Waals surface area contributed by atoms with E-state index in [0.29, 0.717) is 28.2 Å². The Kier molecular flexibility index (Phi) is 6.32. The SMILES string of the molecule is CC=CN1CCC[C@@H](n2nc(-c3ccc(Oc4ccc(Cl)cn4)cc3)c(C(N)=O)c2N)C1. The summed E-state index contributed by atoms with van der Waals surface area (Å²) < 4.78 is 7.48. The van der Waals surface area contributed by atoms with E-state index in [9.17, 15) is 4.79 Å². The number of nitrogen functional groups attached to an aromatic ring is 1. The maximum atomic E-state index is 12.2. The molecule has 32 heavy (non-hydrogen) atoms. The number of benzene rings is 1. The average Bonchev–Trinajstić information content (AvgIpc) is 3.14. The number of likely N-dealkylation sites (tertiary alicyclic amines) is 1. The van der Waals surface area contributed by atoms with Crippen molar-refractivity contribution in [3.63, 3.8) is 0 Å². The zero-order valence-corrected chi connectivity index (χ0v) is 18.5. The lowest BCUT2D eigenvalue weighted by atomic mass is 10.1. The zero-order valence-electron chi connectivity index (χ0n) is 17.7. The molecule has 1 aliphatic rings. The van der Waals surface area contributed by atoms with Gasteiger partial charge in [0.15, 0.2) is 0 Å². The van der Waals surface area contributed by atoms with E-state index in [4.69, 9.17) is 32.9 Å². The van der Waals surface area contributed by atoms with Crippen LogP contribution in [0.3, 0.4) is 0 Å². The first-order valence-corrected chi connectivity index (χ1v) is 10.8. The molecule has 1 aliphatic heterocycles. The third kappa shape index (κ3) is 4.55. The summed E-state index contributed by atoms with van der Waals surface area (Å²) in [7, 11) is 0. The average molecular weight is 453 g/mol. The Bertz CT molecular complexity index is 1120. The number of hydrogen-bond donors (Lipinski definition) is 2. The molecule has 1 atom stereocenters. The summed E-state index contributed by atoms with van der Waals surface area (Å²) in [6.07, 6.45) is 7.54. The first-order valence-electron chi connectivity index (χ1n) is 10.4. The van der Waals surface area contributed by atoms with Crippen LogP contribution in [0.25, 0.3) is 11.3 Å². The van der Waals surface area contributed by atoms with Gasteiger partial charge in [-0.2, -0.15) is 5.10 Å². The van der Waals surface area contributed by atoms with Gasteiger partial charge < -0.3 is 21.1 Å². The topological polar surface area (TPSA) is 112 Å². The van der Waals surface area contributed by atoms with Crippen LogP contribution in [0.5, 0.6) is 11.6 Å². The Balaban J connectivity index is 1.62. The Morgan fingerprint density at radius 2 is 2.03 bits per heavy atom. The van der Waals surface area contributed by atoms with E-state index in [2.05, 4.69) is 16.1 Å². The van der Waals surface area contributed by atoms with Crippen molar-refractivity contribution >= 4 is 23.3 Å². The lowest BCUT2D eigenvalue weighted by molar-refractivity contribution is 0.100. The van der Waals surface area contributed by atoms with Gasteiger partial charge in [-0.1, -0.05) is 17.7 Å². The van der Waals surface area contributed by atoms with Gasteiger partial charge >= 0.3 is 0 Å². The van der Waals surface area contributed by atoms with E-state index < -0.39 is 5.91 Å². The van der Waals surface area contributed by atoms with Gasteiger partial charge in [0.25, 0.3) is 5.91 Å². The van der Waals surface area contributed by atoms with Crippen molar-refractivity contribution in [1.82, 2.24) is 19.7 Å². The summed E-state index contributed by atoms with van der Waals surface area (Å²) in [5.74, 6) is 0.712. The number of amides is 1. The van der Waals surface area contributed by atoms with Crippen LogP contribution in [0.4, 0.5) is 5.82 Å². The molecule has 8 nitrogen and oxygen atoms in total. The number of halogens is 1. The lowest BCUT2D eigenvalue weighted by Gasteiger charge is -2.32. The summed E-state index contributed by atoms with van der Waals surface area (Å²) >= 11 is 5.86. The highest BCUT2D eigenvalue weighted by Crippen LogP contribution is 2.33. The van der Waals surface area contributed by atoms with Crippen LogP contribution in [0.1, 0.15) is 36.2 Å². The highest BCUT2D eigenvalue weighted by molar-refractivity contribution is 6.30. The first kappa shape index (κ1) is 21.7. The molecule has 0 radical (unpaired) electrons. The molecule has 4 N–H and O–H groups in total. The number of nitrogens with two attached hydrogens (primary N) is 2. The number of allylic oxidation sites excluding steroid dienone is 1. The van der Waals surface area contributed by atoms with Gasteiger partial charge in [0.05, 0.1) is 11.1 Å². The number of carbonyl (C=O) groups is 1. The second-order valence-electron chi connectivity index (χ2n) is 7.63. The number of pyridine rings is 1. The third-order valence-corrected chi connectivity index (χ3v) is 5.60. The monoisotopic (exact) mass is 452 g/mol. The van der Waals surface area contributed by atoms with Crippen molar-refractivity contribution in [3.05, 3.63) is 65.5 Å². The fraction of sp³-hybridized carbons (Fsp3) is 0.261. The van der Waals surface area contributed by atoms with Crippen LogP contribution in [-0.2, 0) is 0 Å². The summed E-state index contributed by atoms with van der Waals surface area (Å²) in [6, 6.07) is 10.6. The molecular formula is C23H25ClN6O2. The molecule has 1 saturated heterocycles. The summed E-state index contributed by atoms with van der Waals surface area (Å²) in [5, 5.41) is 5.25. The van der Waals surface area contributed by atoms with E-state index in [1.54, 1.807) is 28.9 Å². The smallest absolute Gasteiger partial charge is 0.254 e. The minimum atomic E-state index is -0.601. The number of piperidine rings is 1. The second kappa shape index (κ2) is 9.32. The molecule has 1 amide bonds. The minimum absolute atomic E-state index is 0.0605. The van der Waals surface area contributed by atoms with Crippen molar-refractivity contribution < 1.29 is 9.53 Å². The van der Waals surface area contributed by atoms with Gasteiger partial charge in [0.2, 0.25) is 5.88 Å². The van der Waals surface area contributed by atoms with Crippen LogP contribution in [-0.4, -0.2) is 38.7 Å². The van der Waals surface area contributed by atoms with Gasteiger partial charge in [0, 0.05) is 30.9 Å². The molecule has 0 unspecified atom stereocenters. The lowest BCUT2D eigenvalue weighted by Crippen LogP contribution is -2.34. The largest absolute Gasteiger partial charge is 0.439 e. The van der Waals surface area contributed by atoms with E-state index in [0.717, 1.165) is 31.5 Å². The minimum Gasteiger partial charge on any atom is -0.439 e. The molecule has 1 aromatic carbocycles. The highest BCUT2D eigenvalue weighted by Gasteiger charge is 2.27. The normalized spacial score (nSPS) is 16.4. The standard InChI is InChI=1S/C23H25ClN6O2/c1-2-11-29-12-3-4-17(14-29)30-22(25)20(23(26)31)21(28-30)15-5-8-18(9-6-15)32-19-10-7-16(24)13-27-19/h2,5-11,13,17H,3-4,12,14,25H2,1H3,(H2,26,31)/t17-/m1/s1. The van der Waals surface area contributed by atoms with Crippen LogP contribution in [0, 0.1) is 0 Å². The molecule has 0 saturated carbocycles. The Labute approximate surface area is 191 Å². The van der Waals surface area contributed by atoms with Crippen LogP contribution in [0.15, 0.2) is 54.9 Å². The predicted octanol–water partition coefficient (Wildman–Crippen LogP) is 4.24. The first-order chi connectivity index (χ1) is 15.5. The van der Waals surface area contributed by atoms with E-state index in [1.807, 2.05) is 25.1 Å². The van der Waals surface area contributed by atoms with Crippen molar-refractivity contribution in [3.8, 4) is 22.9 Å². The van der Waals surface area contributed by atoms with E-state index in [1.165, 1.54) is 6.20 Å². The number of nitrogens with zero attached hydrogens (tertiary/aromatic N) is 4. The van der Waals surface area contributed by atoms with Gasteiger partial charge in [-0.15, -0.1) is 0 Å². The van der Waals surface area contributed by atoms with E-state index in [-0.39, 0.29) is 11.6 Å². The number of anilines is 1. The van der Waals surface area contributed by atoms with E-state index >= 15 is 0 Å². The number of rotatable bonds is 6. The van der Waals surface area contributed by atoms with Crippen molar-refractivity contribution in [2.75, 3.05) is 18.8 Å². The summed E-state index contributed by atoms with van der Waals surface area (Å²) in [5.41, 5.74) is 13.5. The van der Waals surface area contributed by atoms with Crippen LogP contribution >= 0.6 is 11.6 Å². The molecule has 0 bridgehead atoms. The predicted molar refractivity (Wildman–Crippen MR) is 125 cm³/mol. The summed E-state index contributed by atoms with van der Waals surface area (Å²) in [4.78, 5) is 18.6. The van der Waals surface area contributed by atoms with Gasteiger partial charge in [-0.25, -0.2) is 9.67 Å². The summed E-state index contributed by atoms with van der Waals surface area (Å²) in [6.45, 7) is 3.75. The Hall–Kier alpha value is -3.52. The maximum Gasteiger partial charge on any atom is 0.254 e. The van der Waals surface area contributed by atoms with Gasteiger partial charge in [0.1, 0.15) is 22.8 Å². The zero-order chi connectivity index (χ0) is 22.7.